The third-order valence-electron chi connectivity index (χ3n) is 4.89. The standard InChI is InChI=1S/C20H15F3N2O5S2/c1-30-16-9-12(20(21,22)23)2-4-15(16)17-14-5-3-13(32(27,28)29)8-11(14)10-25(18(17)26)19-24-6-7-31-19/h2-9,26H,10H2,1H3,(H,27,28,29)/p-1. The SMILES string of the molecule is COc1cc(C(F)(F)F)ccc1C1=C(O)N(c2nccs2)Cc2cc(S(=O)(=O)[O-])ccc21. The lowest BCUT2D eigenvalue weighted by molar-refractivity contribution is -0.137. The molecule has 0 bridgehead atoms. The zero-order valence-electron chi connectivity index (χ0n) is 16.3. The van der Waals surface area contributed by atoms with Gasteiger partial charge in [-0.05, 0) is 41.5 Å². The summed E-state index contributed by atoms with van der Waals surface area (Å²) < 4.78 is 79.2. The van der Waals surface area contributed by atoms with E-state index in [0.29, 0.717) is 16.3 Å². The van der Waals surface area contributed by atoms with Crippen LogP contribution in [0.5, 0.6) is 5.75 Å². The third kappa shape index (κ3) is 3.92. The molecule has 7 nitrogen and oxygen atoms in total. The predicted octanol–water partition coefficient (Wildman–Crippen LogP) is 4.37. The van der Waals surface area contributed by atoms with Gasteiger partial charge in [-0.1, -0.05) is 6.07 Å². The van der Waals surface area contributed by atoms with E-state index in [-0.39, 0.29) is 29.3 Å². The van der Waals surface area contributed by atoms with E-state index in [1.807, 2.05) is 0 Å². The minimum Gasteiger partial charge on any atom is -0.744 e. The first-order valence-corrected chi connectivity index (χ1v) is 11.2. The first kappa shape index (κ1) is 22.1. The smallest absolute Gasteiger partial charge is 0.416 e. The van der Waals surface area contributed by atoms with E-state index in [0.717, 1.165) is 18.2 Å². The summed E-state index contributed by atoms with van der Waals surface area (Å²) in [4.78, 5) is 5.05. The molecule has 0 amide bonds. The van der Waals surface area contributed by atoms with Crippen molar-refractivity contribution in [2.45, 2.75) is 17.6 Å². The van der Waals surface area contributed by atoms with Crippen molar-refractivity contribution >= 4 is 32.2 Å². The Kier molecular flexibility index (Phi) is 5.39. The number of fused-ring (bicyclic) bond motifs is 1. The molecule has 0 spiro atoms. The van der Waals surface area contributed by atoms with Crippen LogP contribution < -0.4 is 9.64 Å². The molecule has 168 valence electrons. The molecule has 0 aliphatic carbocycles. The summed E-state index contributed by atoms with van der Waals surface area (Å²) >= 11 is 1.19. The van der Waals surface area contributed by atoms with Gasteiger partial charge in [0.2, 0.25) is 5.88 Å². The highest BCUT2D eigenvalue weighted by Gasteiger charge is 2.34. The molecule has 2 heterocycles. The molecule has 1 aromatic heterocycles. The van der Waals surface area contributed by atoms with Crippen LogP contribution >= 0.6 is 11.3 Å². The Bertz CT molecular complexity index is 1320. The van der Waals surface area contributed by atoms with E-state index in [1.165, 1.54) is 47.7 Å². The molecule has 4 rings (SSSR count). The van der Waals surface area contributed by atoms with Crippen molar-refractivity contribution in [1.82, 2.24) is 4.98 Å². The van der Waals surface area contributed by atoms with Crippen molar-refractivity contribution < 1.29 is 36.0 Å². The molecule has 0 radical (unpaired) electrons. The Labute approximate surface area is 184 Å². The average Bonchev–Trinajstić information content (AvgIpc) is 3.26. The van der Waals surface area contributed by atoms with Crippen LogP contribution in [0.3, 0.4) is 0 Å². The maximum Gasteiger partial charge on any atom is 0.416 e. The molecule has 2 aromatic carbocycles. The van der Waals surface area contributed by atoms with Gasteiger partial charge in [0.25, 0.3) is 0 Å². The lowest BCUT2D eigenvalue weighted by atomic mass is 9.90. The number of anilines is 1. The first-order chi connectivity index (χ1) is 15.0. The number of aliphatic hydroxyl groups excluding tert-OH is 1. The molecule has 1 aliphatic heterocycles. The van der Waals surface area contributed by atoms with Gasteiger partial charge in [-0.3, -0.25) is 4.90 Å². The Balaban J connectivity index is 1.98. The van der Waals surface area contributed by atoms with Gasteiger partial charge in [0.15, 0.2) is 5.13 Å². The number of alkyl halides is 3. The largest absolute Gasteiger partial charge is 0.744 e. The van der Waals surface area contributed by atoms with Gasteiger partial charge >= 0.3 is 6.18 Å². The average molecular weight is 483 g/mol. The second-order valence-corrected chi connectivity index (χ2v) is 9.04. The number of hydrogen-bond donors (Lipinski definition) is 1. The molecule has 1 N–H and O–H groups in total. The van der Waals surface area contributed by atoms with E-state index in [9.17, 15) is 31.2 Å². The van der Waals surface area contributed by atoms with Crippen molar-refractivity contribution in [3.63, 3.8) is 0 Å². The van der Waals surface area contributed by atoms with Crippen LogP contribution in [-0.2, 0) is 22.8 Å². The summed E-state index contributed by atoms with van der Waals surface area (Å²) in [6, 6.07) is 6.44. The van der Waals surface area contributed by atoms with Gasteiger partial charge in [-0.15, -0.1) is 11.3 Å². The molecular formula is C20H14F3N2O5S2-. The second kappa shape index (κ2) is 7.80. The third-order valence-corrected chi connectivity index (χ3v) is 6.52. The Hall–Kier alpha value is -3.09. The molecule has 0 fully saturated rings. The highest BCUT2D eigenvalue weighted by atomic mass is 32.2. The summed E-state index contributed by atoms with van der Waals surface area (Å²) in [5, 5.41) is 13.1. The molecule has 1 aliphatic rings. The topological polar surface area (TPSA) is 103 Å². The Morgan fingerprint density at radius 1 is 1.19 bits per heavy atom. The Morgan fingerprint density at radius 3 is 2.50 bits per heavy atom. The van der Waals surface area contributed by atoms with E-state index >= 15 is 0 Å². The van der Waals surface area contributed by atoms with Crippen molar-refractivity contribution in [2.24, 2.45) is 0 Å². The number of hydrogen-bond acceptors (Lipinski definition) is 8. The number of nitrogens with zero attached hydrogens (tertiary/aromatic N) is 2. The molecule has 0 atom stereocenters. The van der Waals surface area contributed by atoms with Crippen molar-refractivity contribution in [3.05, 3.63) is 76.1 Å². The van der Waals surface area contributed by atoms with Crippen molar-refractivity contribution in [2.75, 3.05) is 12.0 Å². The van der Waals surface area contributed by atoms with Crippen LogP contribution in [0.2, 0.25) is 0 Å². The number of aliphatic hydroxyl groups is 1. The van der Waals surface area contributed by atoms with Gasteiger partial charge in [-0.25, -0.2) is 13.4 Å². The molecule has 0 saturated heterocycles. The molecular weight excluding hydrogens is 469 g/mol. The van der Waals surface area contributed by atoms with E-state index in [1.54, 1.807) is 5.38 Å². The fourth-order valence-corrected chi connectivity index (χ4v) is 4.61. The molecule has 32 heavy (non-hydrogen) atoms. The lowest BCUT2D eigenvalue weighted by Gasteiger charge is -2.31. The van der Waals surface area contributed by atoms with Crippen LogP contribution in [0.25, 0.3) is 5.57 Å². The number of rotatable bonds is 4. The molecule has 0 saturated carbocycles. The van der Waals surface area contributed by atoms with E-state index < -0.39 is 26.8 Å². The van der Waals surface area contributed by atoms with Crippen molar-refractivity contribution in [3.8, 4) is 5.75 Å². The minimum atomic E-state index is -4.75. The van der Waals surface area contributed by atoms with Crippen molar-refractivity contribution in [1.29, 1.82) is 0 Å². The normalized spacial score (nSPS) is 14.5. The van der Waals surface area contributed by atoms with Crippen LogP contribution in [0.15, 0.2) is 58.8 Å². The number of aromatic nitrogens is 1. The number of thiazole rings is 1. The predicted molar refractivity (Wildman–Crippen MR) is 109 cm³/mol. The zero-order valence-corrected chi connectivity index (χ0v) is 17.9. The number of ether oxygens (including phenoxy) is 1. The number of halogens is 3. The molecule has 12 heteroatoms. The highest BCUT2D eigenvalue weighted by molar-refractivity contribution is 7.85. The van der Waals surface area contributed by atoms with Crippen LogP contribution in [-0.4, -0.2) is 30.2 Å². The number of methoxy groups -OCH3 is 1. The van der Waals surface area contributed by atoms with Crippen LogP contribution in [0.1, 0.15) is 22.3 Å². The van der Waals surface area contributed by atoms with E-state index in [4.69, 9.17) is 4.74 Å². The number of benzene rings is 2. The van der Waals surface area contributed by atoms with Gasteiger partial charge in [0.1, 0.15) is 15.9 Å². The molecule has 3 aromatic rings. The quantitative estimate of drug-likeness (QED) is 0.550. The monoisotopic (exact) mass is 483 g/mol. The molecule has 0 unspecified atom stereocenters. The van der Waals surface area contributed by atoms with Crippen LogP contribution in [0, 0.1) is 0 Å². The lowest BCUT2D eigenvalue weighted by Crippen LogP contribution is -2.28. The fraction of sp³-hybridized carbons (Fsp3) is 0.150. The summed E-state index contributed by atoms with van der Waals surface area (Å²) in [6.07, 6.45) is -3.10. The van der Waals surface area contributed by atoms with Crippen LogP contribution in [0.4, 0.5) is 18.3 Å². The van der Waals surface area contributed by atoms with Gasteiger partial charge in [0, 0.05) is 17.1 Å². The van der Waals surface area contributed by atoms with Gasteiger partial charge in [-0.2, -0.15) is 13.2 Å². The van der Waals surface area contributed by atoms with E-state index in [2.05, 4.69) is 4.98 Å². The summed E-state index contributed by atoms with van der Waals surface area (Å²) in [5.74, 6) is -0.447. The first-order valence-electron chi connectivity index (χ1n) is 8.96. The Morgan fingerprint density at radius 2 is 1.91 bits per heavy atom. The zero-order chi connectivity index (χ0) is 23.3. The fourth-order valence-electron chi connectivity index (χ4n) is 3.45. The maximum atomic E-state index is 13.2. The second-order valence-electron chi connectivity index (χ2n) is 6.79. The van der Waals surface area contributed by atoms with Gasteiger partial charge < -0.3 is 14.4 Å². The van der Waals surface area contributed by atoms with Gasteiger partial charge in [0.05, 0.1) is 29.7 Å². The summed E-state index contributed by atoms with van der Waals surface area (Å²) in [7, 11) is -3.55. The summed E-state index contributed by atoms with van der Waals surface area (Å²) in [6.45, 7) is -0.00943. The summed E-state index contributed by atoms with van der Waals surface area (Å²) in [5.41, 5.74) is 0.0477. The maximum absolute atomic E-state index is 13.2. The minimum absolute atomic E-state index is 0.00943. The highest BCUT2D eigenvalue weighted by Crippen LogP contribution is 2.43.